The number of rotatable bonds is 8. The van der Waals surface area contributed by atoms with E-state index in [4.69, 9.17) is 9.84 Å². The Balaban J connectivity index is 0.776. The zero-order chi connectivity index (χ0) is 42.6. The van der Waals surface area contributed by atoms with Crippen LogP contribution in [0.25, 0.3) is 21.9 Å². The van der Waals surface area contributed by atoms with Crippen molar-refractivity contribution in [1.82, 2.24) is 39.1 Å². The lowest BCUT2D eigenvalue weighted by Crippen LogP contribution is -2.48. The van der Waals surface area contributed by atoms with Gasteiger partial charge in [-0.3, -0.25) is 38.5 Å². The summed E-state index contributed by atoms with van der Waals surface area (Å²) >= 11 is 0. The average Bonchev–Trinajstić information content (AvgIpc) is 3.78. The third-order valence-electron chi connectivity index (χ3n) is 13.6. The molecule has 4 aliphatic rings. The number of imidazole rings is 1. The Bertz CT molecular complexity index is 2560. The first-order valence-corrected chi connectivity index (χ1v) is 21.1. The second-order valence-corrected chi connectivity index (χ2v) is 17.2. The van der Waals surface area contributed by atoms with Crippen molar-refractivity contribution in [2.45, 2.75) is 82.5 Å². The lowest BCUT2D eigenvalue weighted by atomic mass is 9.71. The van der Waals surface area contributed by atoms with Crippen LogP contribution in [0.15, 0.2) is 53.7 Å². The van der Waals surface area contributed by atoms with Crippen molar-refractivity contribution in [3.8, 4) is 5.75 Å². The fraction of sp³-hybridized carbons (Fsp3) is 0.512. The van der Waals surface area contributed by atoms with Gasteiger partial charge in [-0.15, -0.1) is 0 Å². The highest BCUT2D eigenvalue weighted by Gasteiger charge is 2.40. The molecule has 4 fully saturated rings. The Morgan fingerprint density at radius 2 is 1.72 bits per heavy atom. The molecule has 1 spiro atoms. The number of ether oxygens (including phenoxy) is 1. The number of likely N-dealkylation sites (tertiary alicyclic amines) is 1. The zero-order valence-electron chi connectivity index (χ0n) is 34.2. The third-order valence-corrected chi connectivity index (χ3v) is 13.6. The smallest absolute Gasteiger partial charge is 0.434 e. The van der Waals surface area contributed by atoms with Crippen LogP contribution < -0.4 is 26.0 Å². The summed E-state index contributed by atoms with van der Waals surface area (Å²) < 4.78 is 50.2. The Morgan fingerprint density at radius 3 is 2.43 bits per heavy atom. The quantitative estimate of drug-likeness (QED) is 0.181. The van der Waals surface area contributed by atoms with Gasteiger partial charge >= 0.3 is 11.9 Å². The minimum absolute atomic E-state index is 0.208. The topological polar surface area (TPSA) is 162 Å². The maximum atomic E-state index is 13.5. The molecule has 1 aliphatic carbocycles. The molecule has 15 nitrogen and oxygen atoms in total. The second kappa shape index (κ2) is 15.9. The van der Waals surface area contributed by atoms with E-state index in [0.29, 0.717) is 40.9 Å². The van der Waals surface area contributed by atoms with Gasteiger partial charge in [0.2, 0.25) is 11.8 Å². The maximum absolute atomic E-state index is 13.5. The van der Waals surface area contributed by atoms with E-state index in [1.54, 1.807) is 28.3 Å². The summed E-state index contributed by atoms with van der Waals surface area (Å²) in [5, 5.41) is 10.6. The van der Waals surface area contributed by atoms with Gasteiger partial charge in [0.15, 0.2) is 5.69 Å². The Labute approximate surface area is 349 Å². The van der Waals surface area contributed by atoms with Crippen molar-refractivity contribution < 1.29 is 32.3 Å². The van der Waals surface area contributed by atoms with Gasteiger partial charge in [-0.2, -0.15) is 18.3 Å². The first kappa shape index (κ1) is 40.6. The molecule has 0 radical (unpaired) electrons. The number of piperidine rings is 3. The number of para-hydroxylation sites is 1. The summed E-state index contributed by atoms with van der Waals surface area (Å²) in [6.45, 7) is 5.07. The number of halogens is 3. The number of imide groups is 1. The van der Waals surface area contributed by atoms with Crippen LogP contribution in [0.3, 0.4) is 0 Å². The zero-order valence-corrected chi connectivity index (χ0v) is 34.2. The number of hydrogen-bond acceptors (Lipinski definition) is 10. The van der Waals surface area contributed by atoms with Crippen molar-refractivity contribution in [3.05, 3.63) is 70.8 Å². The second-order valence-electron chi connectivity index (χ2n) is 17.2. The average molecular weight is 843 g/mol. The van der Waals surface area contributed by atoms with Crippen molar-refractivity contribution in [2.75, 3.05) is 50.1 Å². The Hall–Kier alpha value is -5.78. The number of alkyl halides is 3. The molecule has 1 unspecified atom stereocenters. The van der Waals surface area contributed by atoms with Crippen LogP contribution in [0.4, 0.5) is 24.5 Å². The highest BCUT2D eigenvalue weighted by atomic mass is 19.4. The van der Waals surface area contributed by atoms with Gasteiger partial charge in [0.25, 0.3) is 5.91 Å². The molecule has 18 heteroatoms. The van der Waals surface area contributed by atoms with Crippen LogP contribution in [0.1, 0.15) is 92.5 Å². The molecule has 5 aromatic rings. The first-order valence-electron chi connectivity index (χ1n) is 21.1. The van der Waals surface area contributed by atoms with E-state index in [-0.39, 0.29) is 24.1 Å². The van der Waals surface area contributed by atoms with Crippen LogP contribution in [0.5, 0.6) is 5.75 Å². The molecular weight excluding hydrogens is 794 g/mol. The van der Waals surface area contributed by atoms with E-state index < -0.39 is 35.4 Å². The summed E-state index contributed by atoms with van der Waals surface area (Å²) in [6.07, 6.45) is 8.01. The highest BCUT2D eigenvalue weighted by molar-refractivity contribution is 6.05. The monoisotopic (exact) mass is 842 g/mol. The van der Waals surface area contributed by atoms with Crippen LogP contribution in [-0.2, 0) is 22.8 Å². The summed E-state index contributed by atoms with van der Waals surface area (Å²) in [4.78, 5) is 62.9. The summed E-state index contributed by atoms with van der Waals surface area (Å²) in [5.74, 6) is -0.631. The number of nitrogens with zero attached hydrogens (tertiary/aromatic N) is 8. The number of nitrogens with one attached hydrogen (secondary N) is 2. The molecule has 3 aromatic heterocycles. The Kier molecular flexibility index (Phi) is 10.6. The van der Waals surface area contributed by atoms with E-state index in [2.05, 4.69) is 36.5 Å². The van der Waals surface area contributed by atoms with Crippen LogP contribution in [0, 0.1) is 11.3 Å². The van der Waals surface area contributed by atoms with Gasteiger partial charge in [0, 0.05) is 50.8 Å². The van der Waals surface area contributed by atoms with Crippen LogP contribution in [-0.4, -0.2) is 91.3 Å². The molecule has 3 saturated heterocycles. The number of anilines is 2. The molecule has 1 saturated carbocycles. The SMILES string of the molecule is COc1cc2nn(C3CCC(CN4CCC5(CC4)CCN(c4cccc6c4n(C)c(=O)n6C4CCC(=O)NC4=O)CC5)CC3)cc2cc1NC(=O)c1cncc(C(F)(F)F)n1. The number of benzene rings is 2. The minimum atomic E-state index is -4.73. The van der Waals surface area contributed by atoms with E-state index >= 15 is 0 Å². The minimum Gasteiger partial charge on any atom is -0.494 e. The van der Waals surface area contributed by atoms with Gasteiger partial charge in [0.05, 0.1) is 53.5 Å². The van der Waals surface area contributed by atoms with Crippen LogP contribution in [0.2, 0.25) is 0 Å². The van der Waals surface area contributed by atoms with E-state index in [1.165, 1.54) is 20.0 Å². The molecular formula is C43H49F3N10O5. The number of fused-ring (bicyclic) bond motifs is 2. The van der Waals surface area contributed by atoms with Gasteiger partial charge in [-0.05, 0) is 100 Å². The van der Waals surface area contributed by atoms with Crippen LogP contribution >= 0.6 is 0 Å². The fourth-order valence-electron chi connectivity index (χ4n) is 10.1. The lowest BCUT2D eigenvalue weighted by Gasteiger charge is -2.48. The van der Waals surface area contributed by atoms with Gasteiger partial charge in [-0.1, -0.05) is 6.07 Å². The van der Waals surface area contributed by atoms with E-state index in [0.717, 1.165) is 99.6 Å². The molecule has 322 valence electrons. The molecule has 9 rings (SSSR count). The van der Waals surface area contributed by atoms with Crippen molar-refractivity contribution in [3.63, 3.8) is 0 Å². The number of aromatic nitrogens is 6. The summed E-state index contributed by atoms with van der Waals surface area (Å²) in [7, 11) is 3.21. The number of aryl methyl sites for hydroxylation is 1. The molecule has 0 bridgehead atoms. The lowest BCUT2D eigenvalue weighted by molar-refractivity contribution is -0.141. The molecule has 6 heterocycles. The molecule has 61 heavy (non-hydrogen) atoms. The largest absolute Gasteiger partial charge is 0.494 e. The third kappa shape index (κ3) is 7.85. The van der Waals surface area contributed by atoms with E-state index in [1.807, 2.05) is 23.0 Å². The molecule has 2 N–H and O–H groups in total. The fourth-order valence-corrected chi connectivity index (χ4v) is 10.1. The maximum Gasteiger partial charge on any atom is 0.434 e. The number of hydrogen-bond donors (Lipinski definition) is 2. The molecule has 3 amide bonds. The normalized spacial score (nSPS) is 22.5. The number of carbonyl (C=O) groups is 3. The van der Waals surface area contributed by atoms with E-state index in [9.17, 15) is 32.3 Å². The van der Waals surface area contributed by atoms with Crippen molar-refractivity contribution in [1.29, 1.82) is 0 Å². The predicted octanol–water partition coefficient (Wildman–Crippen LogP) is 5.85. The number of carbonyl (C=O) groups excluding carboxylic acids is 3. The first-order chi connectivity index (χ1) is 29.3. The van der Waals surface area contributed by atoms with Crippen molar-refractivity contribution >= 4 is 51.0 Å². The Morgan fingerprint density at radius 1 is 0.984 bits per heavy atom. The molecule has 3 aliphatic heterocycles. The van der Waals surface area contributed by atoms with Gasteiger partial charge in [-0.25, -0.2) is 9.78 Å². The number of amides is 3. The summed E-state index contributed by atoms with van der Waals surface area (Å²) in [6, 6.07) is 8.86. The predicted molar refractivity (Wildman–Crippen MR) is 220 cm³/mol. The van der Waals surface area contributed by atoms with Gasteiger partial charge < -0.3 is 19.9 Å². The van der Waals surface area contributed by atoms with Crippen molar-refractivity contribution in [2.24, 2.45) is 18.4 Å². The standard InChI is InChI=1S/C43H49F3N10O5/c1-52-38-32(4-3-5-33(38)56(41(52)60)34-10-11-37(57)50-40(34)59)54-18-14-42(15-19-54)12-16-53(17-13-42)24-26-6-8-28(9-7-26)55-25-27-20-30(35(61-2)21-29(27)51-55)49-39(58)31-22-47-23-36(48-31)43(44,45)46/h3-5,20-23,25-26,28,34H,6-19,24H2,1-2H3,(H,49,58)(H,50,57,59). The summed E-state index contributed by atoms with van der Waals surface area (Å²) in [5.41, 5.74) is 1.88. The highest BCUT2D eigenvalue weighted by Crippen LogP contribution is 2.44. The molecule has 2 aromatic carbocycles. The molecule has 1 atom stereocenters. The number of methoxy groups -OCH3 is 1. The van der Waals surface area contributed by atoms with Gasteiger partial charge in [0.1, 0.15) is 17.5 Å².